The van der Waals surface area contributed by atoms with Crippen molar-refractivity contribution in [1.82, 2.24) is 4.98 Å². The van der Waals surface area contributed by atoms with E-state index in [9.17, 15) is 0 Å². The van der Waals surface area contributed by atoms with Crippen molar-refractivity contribution in [3.8, 4) is 0 Å². The smallest absolute Gasteiger partial charge is 0.0637 e. The highest BCUT2D eigenvalue weighted by molar-refractivity contribution is 5.55. The van der Waals surface area contributed by atoms with Crippen LogP contribution in [0.1, 0.15) is 13.3 Å². The molecule has 0 saturated heterocycles. The van der Waals surface area contributed by atoms with E-state index in [0.717, 1.165) is 37.4 Å². The molecular weight excluding hydrogens is 242 g/mol. The second-order valence-electron chi connectivity index (χ2n) is 4.33. The molecule has 0 aromatic carbocycles. The molecule has 0 spiro atoms. The summed E-state index contributed by atoms with van der Waals surface area (Å²) < 4.78 is 10.3. The lowest BCUT2D eigenvalue weighted by Crippen LogP contribution is -2.30. The van der Waals surface area contributed by atoms with Crippen molar-refractivity contribution in [2.75, 3.05) is 57.3 Å². The Balaban J connectivity index is 2.69. The highest BCUT2D eigenvalue weighted by Gasteiger charge is 2.07. The Hall–Kier alpha value is -1.33. The minimum atomic E-state index is 0.691. The molecule has 0 saturated carbocycles. The highest BCUT2D eigenvalue weighted by atomic mass is 16.5. The summed E-state index contributed by atoms with van der Waals surface area (Å²) in [5.74, 6) is 0. The molecule has 1 aromatic heterocycles. The fourth-order valence-corrected chi connectivity index (χ4v) is 1.74. The van der Waals surface area contributed by atoms with Crippen molar-refractivity contribution in [1.29, 1.82) is 0 Å². The molecule has 0 radical (unpaired) electrons. The van der Waals surface area contributed by atoms with Crippen LogP contribution in [0.4, 0.5) is 11.4 Å². The molecule has 1 N–H and O–H groups in total. The van der Waals surface area contributed by atoms with Crippen LogP contribution in [0, 0.1) is 0 Å². The monoisotopic (exact) mass is 267 g/mol. The molecule has 19 heavy (non-hydrogen) atoms. The van der Waals surface area contributed by atoms with Gasteiger partial charge in [0.15, 0.2) is 0 Å². The van der Waals surface area contributed by atoms with Crippen LogP contribution in [-0.4, -0.2) is 52.1 Å². The standard InChI is InChI=1S/C14H25N3O2/c1-4-5-16-13-10-14(12-15-11-13)17(6-8-18-2)7-9-19-3/h10-12,16H,4-9H2,1-3H3. The zero-order valence-corrected chi connectivity index (χ0v) is 12.2. The largest absolute Gasteiger partial charge is 0.384 e. The van der Waals surface area contributed by atoms with Gasteiger partial charge in [0.05, 0.1) is 37.0 Å². The number of hydrogen-bond donors (Lipinski definition) is 1. The van der Waals surface area contributed by atoms with Gasteiger partial charge >= 0.3 is 0 Å². The first-order valence-electron chi connectivity index (χ1n) is 6.73. The van der Waals surface area contributed by atoms with Crippen LogP contribution in [0.3, 0.4) is 0 Å². The van der Waals surface area contributed by atoms with Crippen molar-refractivity contribution in [2.24, 2.45) is 0 Å². The van der Waals surface area contributed by atoms with E-state index in [2.05, 4.69) is 28.2 Å². The summed E-state index contributed by atoms with van der Waals surface area (Å²) in [6.45, 7) is 6.15. The van der Waals surface area contributed by atoms with E-state index in [4.69, 9.17) is 9.47 Å². The molecule has 1 heterocycles. The Morgan fingerprint density at radius 1 is 1.16 bits per heavy atom. The Morgan fingerprint density at radius 3 is 2.42 bits per heavy atom. The predicted molar refractivity (Wildman–Crippen MR) is 79.0 cm³/mol. The molecule has 0 amide bonds. The second kappa shape index (κ2) is 9.58. The first-order valence-corrected chi connectivity index (χ1v) is 6.73. The van der Waals surface area contributed by atoms with E-state index in [0.29, 0.717) is 13.2 Å². The highest BCUT2D eigenvalue weighted by Crippen LogP contribution is 2.17. The third kappa shape index (κ3) is 5.89. The molecule has 0 unspecified atom stereocenters. The van der Waals surface area contributed by atoms with Gasteiger partial charge in [-0.15, -0.1) is 0 Å². The topological polar surface area (TPSA) is 46.6 Å². The van der Waals surface area contributed by atoms with Crippen LogP contribution in [0.2, 0.25) is 0 Å². The summed E-state index contributed by atoms with van der Waals surface area (Å²) in [7, 11) is 3.43. The van der Waals surface area contributed by atoms with Crippen molar-refractivity contribution in [3.05, 3.63) is 18.5 Å². The van der Waals surface area contributed by atoms with E-state index in [1.54, 1.807) is 14.2 Å². The maximum absolute atomic E-state index is 5.15. The lowest BCUT2D eigenvalue weighted by atomic mass is 10.3. The fraction of sp³-hybridized carbons (Fsp3) is 0.643. The Bertz CT molecular complexity index is 339. The molecule has 1 rings (SSSR count). The van der Waals surface area contributed by atoms with Crippen molar-refractivity contribution >= 4 is 11.4 Å². The molecule has 0 aliphatic carbocycles. The van der Waals surface area contributed by atoms with Crippen LogP contribution in [0.25, 0.3) is 0 Å². The van der Waals surface area contributed by atoms with Gasteiger partial charge in [0.25, 0.3) is 0 Å². The average Bonchev–Trinajstić information content (AvgIpc) is 2.45. The second-order valence-corrected chi connectivity index (χ2v) is 4.33. The van der Waals surface area contributed by atoms with Gasteiger partial charge in [0, 0.05) is 33.9 Å². The summed E-state index contributed by atoms with van der Waals surface area (Å²) in [6.07, 6.45) is 4.83. The Labute approximate surface area is 115 Å². The third-order valence-electron chi connectivity index (χ3n) is 2.80. The molecule has 0 atom stereocenters. The maximum atomic E-state index is 5.15. The van der Waals surface area contributed by atoms with Gasteiger partial charge in [-0.2, -0.15) is 0 Å². The SMILES string of the molecule is CCCNc1cncc(N(CCOC)CCOC)c1. The van der Waals surface area contributed by atoms with Gasteiger partial charge in [-0.05, 0) is 12.5 Å². The number of methoxy groups -OCH3 is 2. The number of pyridine rings is 1. The van der Waals surface area contributed by atoms with Crippen LogP contribution >= 0.6 is 0 Å². The summed E-state index contributed by atoms with van der Waals surface area (Å²) in [5, 5.41) is 3.35. The molecular formula is C14H25N3O2. The number of rotatable bonds is 10. The summed E-state index contributed by atoms with van der Waals surface area (Å²) >= 11 is 0. The van der Waals surface area contributed by atoms with E-state index >= 15 is 0 Å². The Morgan fingerprint density at radius 2 is 1.84 bits per heavy atom. The lowest BCUT2D eigenvalue weighted by Gasteiger charge is -2.24. The summed E-state index contributed by atoms with van der Waals surface area (Å²) in [6, 6.07) is 2.12. The fourth-order valence-electron chi connectivity index (χ4n) is 1.74. The van der Waals surface area contributed by atoms with E-state index in [1.807, 2.05) is 12.4 Å². The van der Waals surface area contributed by atoms with Crippen LogP contribution in [0.15, 0.2) is 18.5 Å². The molecule has 0 fully saturated rings. The van der Waals surface area contributed by atoms with Gasteiger partial charge in [0.2, 0.25) is 0 Å². The molecule has 0 bridgehead atoms. The van der Waals surface area contributed by atoms with Crippen molar-refractivity contribution in [2.45, 2.75) is 13.3 Å². The van der Waals surface area contributed by atoms with Gasteiger partial charge in [-0.25, -0.2) is 0 Å². The number of nitrogens with zero attached hydrogens (tertiary/aromatic N) is 2. The molecule has 1 aromatic rings. The molecule has 0 aliphatic rings. The van der Waals surface area contributed by atoms with E-state index < -0.39 is 0 Å². The third-order valence-corrected chi connectivity index (χ3v) is 2.80. The van der Waals surface area contributed by atoms with Gasteiger partial charge < -0.3 is 19.7 Å². The predicted octanol–water partition coefficient (Wildman–Crippen LogP) is 2.00. The van der Waals surface area contributed by atoms with Crippen LogP contribution in [0.5, 0.6) is 0 Å². The minimum Gasteiger partial charge on any atom is -0.384 e. The summed E-state index contributed by atoms with van der Waals surface area (Å²) in [4.78, 5) is 6.51. The number of nitrogens with one attached hydrogen (secondary N) is 1. The maximum Gasteiger partial charge on any atom is 0.0637 e. The van der Waals surface area contributed by atoms with E-state index in [1.165, 1.54) is 0 Å². The molecule has 5 heteroatoms. The van der Waals surface area contributed by atoms with Gasteiger partial charge in [-0.3, -0.25) is 4.98 Å². The van der Waals surface area contributed by atoms with Crippen LogP contribution < -0.4 is 10.2 Å². The summed E-state index contributed by atoms with van der Waals surface area (Å²) in [5.41, 5.74) is 2.15. The quantitative estimate of drug-likeness (QED) is 0.702. The number of anilines is 2. The van der Waals surface area contributed by atoms with Gasteiger partial charge in [0.1, 0.15) is 0 Å². The zero-order chi connectivity index (χ0) is 13.9. The van der Waals surface area contributed by atoms with Crippen molar-refractivity contribution < 1.29 is 9.47 Å². The number of hydrogen-bond acceptors (Lipinski definition) is 5. The molecule has 0 aliphatic heterocycles. The lowest BCUT2D eigenvalue weighted by molar-refractivity contribution is 0.190. The number of aromatic nitrogens is 1. The average molecular weight is 267 g/mol. The first-order chi connectivity index (χ1) is 9.31. The Kier molecular flexibility index (Phi) is 7.93. The van der Waals surface area contributed by atoms with Crippen molar-refractivity contribution in [3.63, 3.8) is 0 Å². The normalized spacial score (nSPS) is 10.5. The first kappa shape index (κ1) is 15.7. The molecule has 5 nitrogen and oxygen atoms in total. The van der Waals surface area contributed by atoms with Gasteiger partial charge in [-0.1, -0.05) is 6.92 Å². The van der Waals surface area contributed by atoms with E-state index in [-0.39, 0.29) is 0 Å². The minimum absolute atomic E-state index is 0.691. The molecule has 108 valence electrons. The van der Waals surface area contributed by atoms with Crippen LogP contribution in [-0.2, 0) is 9.47 Å². The number of ether oxygens (including phenoxy) is 2. The zero-order valence-electron chi connectivity index (χ0n) is 12.2.